The fourth-order valence-corrected chi connectivity index (χ4v) is 4.26. The Bertz CT molecular complexity index is 1270. The van der Waals surface area contributed by atoms with Crippen molar-refractivity contribution in [2.24, 2.45) is 5.14 Å². The highest BCUT2D eigenvalue weighted by atomic mass is 32.2. The third kappa shape index (κ3) is 4.71. The number of benzene rings is 2. The highest BCUT2D eigenvalue weighted by Crippen LogP contribution is 2.27. The number of hydrogen-bond donors (Lipinski definition) is 1. The van der Waals surface area contributed by atoms with Gasteiger partial charge in [-0.2, -0.15) is 0 Å². The molecule has 2 N–H and O–H groups in total. The third-order valence-corrected chi connectivity index (χ3v) is 6.33. The molecule has 1 saturated heterocycles. The summed E-state index contributed by atoms with van der Waals surface area (Å²) in [6.07, 6.45) is 1.53. The molecule has 2 aromatic carbocycles. The van der Waals surface area contributed by atoms with E-state index in [1.54, 1.807) is 48.5 Å². The first kappa shape index (κ1) is 22.4. The van der Waals surface area contributed by atoms with Crippen LogP contribution in [0, 0.1) is 0 Å². The zero-order valence-corrected chi connectivity index (χ0v) is 18.3. The van der Waals surface area contributed by atoms with Gasteiger partial charge in [-0.3, -0.25) is 14.4 Å². The van der Waals surface area contributed by atoms with E-state index in [0.717, 1.165) is 10.5 Å². The largest absolute Gasteiger partial charge is 0.459 e. The van der Waals surface area contributed by atoms with E-state index in [1.165, 1.54) is 29.4 Å². The number of imide groups is 1. The molecule has 0 radical (unpaired) electrons. The van der Waals surface area contributed by atoms with Gasteiger partial charge in [0.1, 0.15) is 6.04 Å². The SMILES string of the molecule is NS(=O)(=O)c1ccc(CCN(C(=O)c2ccco2)C2CC(=O)N(c3ccccc3)C2=O)cc1. The Kier molecular flexibility index (Phi) is 6.12. The fraction of sp³-hybridized carbons (Fsp3) is 0.174. The number of nitrogens with two attached hydrogens (primary N) is 1. The number of carbonyl (C=O) groups excluding carboxylic acids is 3. The summed E-state index contributed by atoms with van der Waals surface area (Å²) in [7, 11) is -3.82. The molecule has 9 nitrogen and oxygen atoms in total. The van der Waals surface area contributed by atoms with Crippen LogP contribution in [0.15, 0.2) is 82.3 Å². The summed E-state index contributed by atoms with van der Waals surface area (Å²) in [4.78, 5) is 41.4. The van der Waals surface area contributed by atoms with Crippen LogP contribution in [0.2, 0.25) is 0 Å². The van der Waals surface area contributed by atoms with Gasteiger partial charge in [-0.05, 0) is 48.4 Å². The number of carbonyl (C=O) groups is 3. The van der Waals surface area contributed by atoms with Crippen molar-refractivity contribution in [1.29, 1.82) is 0 Å². The van der Waals surface area contributed by atoms with Crippen molar-refractivity contribution >= 4 is 33.4 Å². The number of primary sulfonamides is 1. The van der Waals surface area contributed by atoms with Crippen molar-refractivity contribution < 1.29 is 27.2 Å². The zero-order chi connectivity index (χ0) is 23.6. The Labute approximate surface area is 190 Å². The average Bonchev–Trinajstić information content (AvgIpc) is 3.43. The molecule has 0 saturated carbocycles. The van der Waals surface area contributed by atoms with E-state index < -0.39 is 33.8 Å². The molecular formula is C23H21N3O6S. The minimum atomic E-state index is -3.82. The van der Waals surface area contributed by atoms with Gasteiger partial charge in [-0.1, -0.05) is 30.3 Å². The summed E-state index contributed by atoms with van der Waals surface area (Å²) < 4.78 is 28.2. The summed E-state index contributed by atoms with van der Waals surface area (Å²) in [5.74, 6) is -1.35. The molecule has 1 fully saturated rings. The Morgan fingerprint density at radius 3 is 2.33 bits per heavy atom. The van der Waals surface area contributed by atoms with Crippen LogP contribution in [0.3, 0.4) is 0 Å². The molecule has 2 heterocycles. The molecule has 1 aliphatic rings. The lowest BCUT2D eigenvalue weighted by Crippen LogP contribution is -2.46. The van der Waals surface area contributed by atoms with Crippen LogP contribution in [-0.2, 0) is 26.0 Å². The highest BCUT2D eigenvalue weighted by Gasteiger charge is 2.44. The first-order valence-electron chi connectivity index (χ1n) is 10.1. The van der Waals surface area contributed by atoms with Crippen molar-refractivity contribution in [2.75, 3.05) is 11.4 Å². The van der Waals surface area contributed by atoms with Gasteiger partial charge in [0.15, 0.2) is 5.76 Å². The van der Waals surface area contributed by atoms with Crippen LogP contribution in [0.4, 0.5) is 5.69 Å². The summed E-state index contributed by atoms with van der Waals surface area (Å²) in [6, 6.07) is 16.5. The maximum absolute atomic E-state index is 13.2. The number of para-hydroxylation sites is 1. The molecule has 0 bridgehead atoms. The number of nitrogens with zero attached hydrogens (tertiary/aromatic N) is 2. The molecular weight excluding hydrogens is 446 g/mol. The number of amides is 3. The normalized spacial score (nSPS) is 16.3. The van der Waals surface area contributed by atoms with Crippen LogP contribution >= 0.6 is 0 Å². The average molecular weight is 468 g/mol. The molecule has 10 heteroatoms. The van der Waals surface area contributed by atoms with Crippen LogP contribution in [-0.4, -0.2) is 43.6 Å². The summed E-state index contributed by atoms with van der Waals surface area (Å²) in [6.45, 7) is 0.112. The first-order chi connectivity index (χ1) is 15.8. The lowest BCUT2D eigenvalue weighted by atomic mass is 10.1. The van der Waals surface area contributed by atoms with Crippen molar-refractivity contribution in [2.45, 2.75) is 23.8 Å². The minimum Gasteiger partial charge on any atom is -0.459 e. The van der Waals surface area contributed by atoms with E-state index in [1.807, 2.05) is 0 Å². The predicted molar refractivity (Wildman–Crippen MR) is 119 cm³/mol. The van der Waals surface area contributed by atoms with E-state index in [-0.39, 0.29) is 23.6 Å². The number of rotatable bonds is 7. The number of anilines is 1. The summed E-state index contributed by atoms with van der Waals surface area (Å²) in [5, 5.41) is 5.13. The lowest BCUT2D eigenvalue weighted by Gasteiger charge is -2.27. The second-order valence-corrected chi connectivity index (χ2v) is 9.10. The van der Waals surface area contributed by atoms with E-state index in [9.17, 15) is 22.8 Å². The Morgan fingerprint density at radius 2 is 1.73 bits per heavy atom. The van der Waals surface area contributed by atoms with Crippen LogP contribution in [0.5, 0.6) is 0 Å². The Morgan fingerprint density at radius 1 is 1.03 bits per heavy atom. The Balaban J connectivity index is 1.58. The second kappa shape index (κ2) is 9.00. The van der Waals surface area contributed by atoms with Crippen molar-refractivity contribution in [3.05, 3.63) is 84.3 Å². The van der Waals surface area contributed by atoms with E-state index >= 15 is 0 Å². The number of hydrogen-bond acceptors (Lipinski definition) is 6. The quantitative estimate of drug-likeness (QED) is 0.529. The van der Waals surface area contributed by atoms with Gasteiger partial charge in [0.2, 0.25) is 15.9 Å². The zero-order valence-electron chi connectivity index (χ0n) is 17.5. The molecule has 1 aromatic heterocycles. The monoisotopic (exact) mass is 467 g/mol. The van der Waals surface area contributed by atoms with Crippen molar-refractivity contribution in [1.82, 2.24) is 4.90 Å². The highest BCUT2D eigenvalue weighted by molar-refractivity contribution is 7.89. The van der Waals surface area contributed by atoms with E-state index in [0.29, 0.717) is 12.1 Å². The van der Waals surface area contributed by atoms with Gasteiger partial charge in [-0.25, -0.2) is 18.5 Å². The molecule has 33 heavy (non-hydrogen) atoms. The standard InChI is InChI=1S/C23H21N3O6S/c24-33(30,31)18-10-8-16(9-11-18)12-13-25(23(29)20-7-4-14-32-20)19-15-21(27)26(22(19)28)17-5-2-1-3-6-17/h1-11,14,19H,12-13,15H2,(H2,24,30,31). The molecule has 3 amide bonds. The van der Waals surface area contributed by atoms with Gasteiger partial charge in [0, 0.05) is 6.54 Å². The van der Waals surface area contributed by atoms with Crippen molar-refractivity contribution in [3.63, 3.8) is 0 Å². The van der Waals surface area contributed by atoms with Crippen LogP contribution in [0.25, 0.3) is 0 Å². The van der Waals surface area contributed by atoms with Gasteiger partial charge >= 0.3 is 0 Å². The van der Waals surface area contributed by atoms with Crippen LogP contribution < -0.4 is 10.0 Å². The van der Waals surface area contributed by atoms with Gasteiger partial charge in [-0.15, -0.1) is 0 Å². The number of furan rings is 1. The molecule has 1 aliphatic heterocycles. The summed E-state index contributed by atoms with van der Waals surface area (Å²) in [5.41, 5.74) is 1.18. The molecule has 4 rings (SSSR count). The van der Waals surface area contributed by atoms with E-state index in [4.69, 9.17) is 9.56 Å². The lowest BCUT2D eigenvalue weighted by molar-refractivity contribution is -0.122. The molecule has 1 unspecified atom stereocenters. The third-order valence-electron chi connectivity index (χ3n) is 5.40. The van der Waals surface area contributed by atoms with Gasteiger partial charge < -0.3 is 9.32 Å². The minimum absolute atomic E-state index is 0.0233. The summed E-state index contributed by atoms with van der Waals surface area (Å²) >= 11 is 0. The fourth-order valence-electron chi connectivity index (χ4n) is 3.74. The first-order valence-corrected chi connectivity index (χ1v) is 11.7. The maximum atomic E-state index is 13.2. The van der Waals surface area contributed by atoms with Crippen molar-refractivity contribution in [3.8, 4) is 0 Å². The topological polar surface area (TPSA) is 131 Å². The molecule has 170 valence electrons. The molecule has 0 spiro atoms. The Hall–Kier alpha value is -3.76. The van der Waals surface area contributed by atoms with Crippen LogP contribution in [0.1, 0.15) is 22.5 Å². The van der Waals surface area contributed by atoms with E-state index in [2.05, 4.69) is 0 Å². The maximum Gasteiger partial charge on any atom is 0.290 e. The number of sulfonamides is 1. The van der Waals surface area contributed by atoms with Gasteiger partial charge in [0.25, 0.3) is 11.8 Å². The predicted octanol–water partition coefficient (Wildman–Crippen LogP) is 1.94. The smallest absolute Gasteiger partial charge is 0.290 e. The molecule has 3 aromatic rings. The molecule has 0 aliphatic carbocycles. The second-order valence-electron chi connectivity index (χ2n) is 7.54. The molecule has 1 atom stereocenters. The van der Waals surface area contributed by atoms with Gasteiger partial charge in [0.05, 0.1) is 23.3 Å².